The van der Waals surface area contributed by atoms with Gasteiger partial charge in [-0.25, -0.2) is 4.39 Å². The van der Waals surface area contributed by atoms with E-state index in [1.165, 1.54) is 36.4 Å². The lowest BCUT2D eigenvalue weighted by Gasteiger charge is -2.03. The van der Waals surface area contributed by atoms with Crippen LogP contribution < -0.4 is 5.32 Å². The van der Waals surface area contributed by atoms with E-state index < -0.39 is 16.6 Å². The van der Waals surface area contributed by atoms with E-state index in [2.05, 4.69) is 5.32 Å². The molecule has 0 bridgehead atoms. The maximum absolute atomic E-state index is 13.0. The molecule has 0 aliphatic carbocycles. The fourth-order valence-electron chi connectivity index (χ4n) is 1.72. The van der Waals surface area contributed by atoms with Crippen LogP contribution in [0.3, 0.4) is 0 Å². The number of amides is 1. The highest BCUT2D eigenvalue weighted by Crippen LogP contribution is 2.20. The second-order valence-electron chi connectivity index (χ2n) is 4.27. The van der Waals surface area contributed by atoms with Crippen molar-refractivity contribution >= 4 is 35.0 Å². The Morgan fingerprint density at radius 2 is 2.00 bits per heavy atom. The summed E-state index contributed by atoms with van der Waals surface area (Å²) in [5, 5.41) is 13.2. The van der Waals surface area contributed by atoms with Gasteiger partial charge in [0.1, 0.15) is 5.82 Å². The number of nitro benzene ring substituents is 1. The Kier molecular flexibility index (Phi) is 4.85. The molecule has 5 nitrogen and oxygen atoms in total. The largest absolute Gasteiger partial charge is 0.322 e. The average molecular weight is 321 g/mol. The number of nitrogens with zero attached hydrogens (tertiary/aromatic N) is 1. The standard InChI is InChI=1S/C15H10ClFN2O3/c16-12-9-11(6-7-13(12)17)18-15(20)8-5-10-3-1-2-4-14(10)19(21)22/h1-9H,(H,18,20)/b8-5+. The maximum atomic E-state index is 13.0. The summed E-state index contributed by atoms with van der Waals surface area (Å²) >= 11 is 5.61. The van der Waals surface area contributed by atoms with E-state index in [4.69, 9.17) is 11.6 Å². The van der Waals surface area contributed by atoms with Gasteiger partial charge in [-0.3, -0.25) is 14.9 Å². The Hall–Kier alpha value is -2.73. The third-order valence-corrected chi connectivity index (χ3v) is 3.02. The van der Waals surface area contributed by atoms with Crippen molar-refractivity contribution < 1.29 is 14.1 Å². The van der Waals surface area contributed by atoms with Gasteiger partial charge >= 0.3 is 0 Å². The number of carbonyl (C=O) groups is 1. The normalized spacial score (nSPS) is 10.6. The zero-order valence-corrected chi connectivity index (χ0v) is 11.9. The zero-order valence-electron chi connectivity index (χ0n) is 11.1. The molecule has 0 unspecified atom stereocenters. The van der Waals surface area contributed by atoms with E-state index in [0.29, 0.717) is 11.3 Å². The van der Waals surface area contributed by atoms with Gasteiger partial charge in [0.15, 0.2) is 0 Å². The molecule has 112 valence electrons. The van der Waals surface area contributed by atoms with E-state index >= 15 is 0 Å². The lowest BCUT2D eigenvalue weighted by atomic mass is 10.1. The van der Waals surface area contributed by atoms with Crippen molar-refractivity contribution in [1.29, 1.82) is 0 Å². The molecule has 2 aromatic carbocycles. The molecular formula is C15H10ClFN2O3. The molecule has 0 aromatic heterocycles. The van der Waals surface area contributed by atoms with Crippen LogP contribution in [0.2, 0.25) is 5.02 Å². The number of nitro groups is 1. The highest BCUT2D eigenvalue weighted by Gasteiger charge is 2.10. The molecule has 2 aromatic rings. The Bertz CT molecular complexity index is 762. The van der Waals surface area contributed by atoms with Gasteiger partial charge in [-0.2, -0.15) is 0 Å². The van der Waals surface area contributed by atoms with E-state index in [9.17, 15) is 19.3 Å². The van der Waals surface area contributed by atoms with Crippen molar-refractivity contribution in [2.75, 3.05) is 5.32 Å². The molecule has 1 N–H and O–H groups in total. The summed E-state index contributed by atoms with van der Waals surface area (Å²) in [4.78, 5) is 22.1. The number of hydrogen-bond acceptors (Lipinski definition) is 3. The molecule has 0 saturated carbocycles. The lowest BCUT2D eigenvalue weighted by molar-refractivity contribution is -0.385. The molecule has 2 rings (SSSR count). The van der Waals surface area contributed by atoms with E-state index in [0.717, 1.165) is 12.1 Å². The molecule has 0 radical (unpaired) electrons. The summed E-state index contributed by atoms with van der Waals surface area (Å²) in [6, 6.07) is 9.80. The van der Waals surface area contributed by atoms with Crippen LogP contribution in [-0.4, -0.2) is 10.8 Å². The molecule has 0 spiro atoms. The van der Waals surface area contributed by atoms with Crippen LogP contribution in [0.4, 0.5) is 15.8 Å². The molecule has 0 fully saturated rings. The summed E-state index contributed by atoms with van der Waals surface area (Å²) in [5.41, 5.74) is 0.528. The van der Waals surface area contributed by atoms with Gasteiger partial charge in [-0.05, 0) is 30.3 Å². The topological polar surface area (TPSA) is 72.2 Å². The number of nitrogens with one attached hydrogen (secondary N) is 1. The van der Waals surface area contributed by atoms with Crippen molar-refractivity contribution in [3.8, 4) is 0 Å². The number of carbonyl (C=O) groups excluding carboxylic acids is 1. The van der Waals surface area contributed by atoms with E-state index in [1.54, 1.807) is 6.07 Å². The Labute approximate surface area is 130 Å². The zero-order chi connectivity index (χ0) is 16.1. The fourth-order valence-corrected chi connectivity index (χ4v) is 1.90. The summed E-state index contributed by atoms with van der Waals surface area (Å²) in [7, 11) is 0. The first-order valence-corrected chi connectivity index (χ1v) is 6.52. The van der Waals surface area contributed by atoms with Crippen molar-refractivity contribution in [3.05, 3.63) is 75.1 Å². The number of hydrogen-bond donors (Lipinski definition) is 1. The van der Waals surface area contributed by atoms with Crippen molar-refractivity contribution in [2.24, 2.45) is 0 Å². The van der Waals surface area contributed by atoms with Crippen LogP contribution in [0.15, 0.2) is 48.5 Å². The van der Waals surface area contributed by atoms with Crippen LogP contribution in [0.5, 0.6) is 0 Å². The van der Waals surface area contributed by atoms with Gasteiger partial charge in [0.25, 0.3) is 5.69 Å². The van der Waals surface area contributed by atoms with E-state index in [1.807, 2.05) is 0 Å². The Balaban J connectivity index is 2.12. The first kappa shape index (κ1) is 15.7. The molecule has 0 aliphatic heterocycles. The first-order valence-electron chi connectivity index (χ1n) is 6.15. The van der Waals surface area contributed by atoms with Crippen LogP contribution in [0.1, 0.15) is 5.56 Å². The van der Waals surface area contributed by atoms with Crippen LogP contribution in [-0.2, 0) is 4.79 Å². The molecule has 0 heterocycles. The predicted molar refractivity (Wildman–Crippen MR) is 82.2 cm³/mol. The van der Waals surface area contributed by atoms with Crippen LogP contribution >= 0.6 is 11.6 Å². The van der Waals surface area contributed by atoms with Gasteiger partial charge in [-0.15, -0.1) is 0 Å². The average Bonchev–Trinajstić information content (AvgIpc) is 2.49. The number of benzene rings is 2. The molecule has 0 aliphatic rings. The Morgan fingerprint density at radius 1 is 1.27 bits per heavy atom. The smallest absolute Gasteiger partial charge is 0.276 e. The summed E-state index contributed by atoms with van der Waals surface area (Å²) in [5.74, 6) is -1.10. The number of rotatable bonds is 4. The highest BCUT2D eigenvalue weighted by molar-refractivity contribution is 6.31. The minimum absolute atomic E-state index is 0.101. The van der Waals surface area contributed by atoms with Gasteiger partial charge < -0.3 is 5.32 Å². The van der Waals surface area contributed by atoms with Crippen molar-refractivity contribution in [2.45, 2.75) is 0 Å². The van der Waals surface area contributed by atoms with Crippen LogP contribution in [0, 0.1) is 15.9 Å². The van der Waals surface area contributed by atoms with Crippen LogP contribution in [0.25, 0.3) is 6.08 Å². The summed E-state index contributed by atoms with van der Waals surface area (Å²) in [6.07, 6.45) is 2.48. The van der Waals surface area contributed by atoms with Gasteiger partial charge in [0, 0.05) is 17.8 Å². The molecular weight excluding hydrogens is 311 g/mol. The quantitative estimate of drug-likeness (QED) is 0.525. The highest BCUT2D eigenvalue weighted by atomic mass is 35.5. The van der Waals surface area contributed by atoms with Gasteiger partial charge in [0.05, 0.1) is 15.5 Å². The predicted octanol–water partition coefficient (Wildman–Crippen LogP) is 4.04. The molecule has 7 heteroatoms. The summed E-state index contributed by atoms with van der Waals surface area (Å²) in [6.45, 7) is 0. The first-order chi connectivity index (χ1) is 10.5. The number of anilines is 1. The van der Waals surface area contributed by atoms with Gasteiger partial charge in [-0.1, -0.05) is 23.7 Å². The minimum atomic E-state index is -0.588. The molecule has 1 amide bonds. The van der Waals surface area contributed by atoms with E-state index in [-0.39, 0.29) is 10.7 Å². The maximum Gasteiger partial charge on any atom is 0.276 e. The number of halogens is 2. The SMILES string of the molecule is O=C(/C=C/c1ccccc1[N+](=O)[O-])Nc1ccc(F)c(Cl)c1. The minimum Gasteiger partial charge on any atom is -0.322 e. The third kappa shape index (κ3) is 3.89. The second-order valence-corrected chi connectivity index (χ2v) is 4.67. The lowest BCUT2D eigenvalue weighted by Crippen LogP contribution is -2.07. The van der Waals surface area contributed by atoms with Crippen molar-refractivity contribution in [3.63, 3.8) is 0 Å². The molecule has 22 heavy (non-hydrogen) atoms. The summed E-state index contributed by atoms with van der Waals surface area (Å²) < 4.78 is 13.0. The number of para-hydroxylation sites is 1. The Morgan fingerprint density at radius 3 is 2.68 bits per heavy atom. The third-order valence-electron chi connectivity index (χ3n) is 2.73. The molecule has 0 saturated heterocycles. The van der Waals surface area contributed by atoms with Crippen molar-refractivity contribution in [1.82, 2.24) is 0 Å². The molecule has 0 atom stereocenters. The monoisotopic (exact) mass is 320 g/mol. The van der Waals surface area contributed by atoms with Gasteiger partial charge in [0.2, 0.25) is 5.91 Å². The second kappa shape index (κ2) is 6.82. The fraction of sp³-hybridized carbons (Fsp3) is 0.